The van der Waals surface area contributed by atoms with Crippen LogP contribution in [0.2, 0.25) is 0 Å². The normalized spacial score (nSPS) is 25.6. The minimum absolute atomic E-state index is 0.0563. The Bertz CT molecular complexity index is 1230. The lowest BCUT2D eigenvalue weighted by Gasteiger charge is -2.39. The van der Waals surface area contributed by atoms with E-state index in [9.17, 15) is 24.3 Å². The van der Waals surface area contributed by atoms with Gasteiger partial charge in [0, 0.05) is 36.0 Å². The van der Waals surface area contributed by atoms with Gasteiger partial charge in [-0.2, -0.15) is 0 Å². The minimum Gasteiger partial charge on any atom is -0.381 e. The Hall–Kier alpha value is -3.40. The van der Waals surface area contributed by atoms with Crippen LogP contribution in [-0.4, -0.2) is 75.9 Å². The van der Waals surface area contributed by atoms with Crippen LogP contribution in [-0.2, 0) is 14.4 Å². The van der Waals surface area contributed by atoms with Crippen molar-refractivity contribution in [2.45, 2.75) is 75.6 Å². The molecule has 2 aliphatic carbocycles. The highest BCUT2D eigenvalue weighted by Gasteiger charge is 2.51. The summed E-state index contributed by atoms with van der Waals surface area (Å²) in [6.07, 6.45) is 4.46. The van der Waals surface area contributed by atoms with E-state index in [1.165, 1.54) is 0 Å². The molecule has 1 unspecified atom stereocenters. The van der Waals surface area contributed by atoms with E-state index in [0.717, 1.165) is 43.0 Å². The zero-order valence-electron chi connectivity index (χ0n) is 21.4. The van der Waals surface area contributed by atoms with Gasteiger partial charge in [0.25, 0.3) is 11.8 Å². The summed E-state index contributed by atoms with van der Waals surface area (Å²) in [6, 6.07) is 7.86. The number of aromatic nitrogens is 1. The molecule has 2 saturated heterocycles. The van der Waals surface area contributed by atoms with Gasteiger partial charge in [-0.05, 0) is 68.9 Å². The number of aromatic amines is 1. The second kappa shape index (κ2) is 9.72. The Morgan fingerprint density at radius 2 is 1.92 bits per heavy atom. The molecule has 5 N–H and O–H groups in total. The van der Waals surface area contributed by atoms with Gasteiger partial charge in [0.15, 0.2) is 6.10 Å². The zero-order valence-corrected chi connectivity index (χ0v) is 21.4. The molecule has 4 amide bonds. The van der Waals surface area contributed by atoms with E-state index in [0.29, 0.717) is 31.6 Å². The number of likely N-dealkylation sites (tertiary alicyclic amines) is 1. The molecule has 10 heteroatoms. The number of piperidine rings is 1. The van der Waals surface area contributed by atoms with Gasteiger partial charge < -0.3 is 30.9 Å². The largest absolute Gasteiger partial charge is 0.381 e. The van der Waals surface area contributed by atoms with E-state index in [1.807, 2.05) is 30.3 Å². The summed E-state index contributed by atoms with van der Waals surface area (Å²) in [6.45, 7) is 0.999. The Balaban J connectivity index is 1.22. The molecule has 10 nitrogen and oxygen atoms in total. The van der Waals surface area contributed by atoms with Crippen LogP contribution < -0.4 is 16.0 Å². The first-order valence-corrected chi connectivity index (χ1v) is 13.8. The van der Waals surface area contributed by atoms with Crippen LogP contribution >= 0.6 is 0 Å². The van der Waals surface area contributed by atoms with Crippen LogP contribution in [0.1, 0.15) is 61.9 Å². The predicted octanol–water partition coefficient (Wildman–Crippen LogP) is 1.20. The van der Waals surface area contributed by atoms with Gasteiger partial charge in [0.1, 0.15) is 11.7 Å². The number of carbonyl (C=O) groups is 4. The van der Waals surface area contributed by atoms with Crippen LogP contribution in [0, 0.1) is 11.3 Å². The molecule has 4 aliphatic rings. The number of amides is 4. The van der Waals surface area contributed by atoms with Crippen molar-refractivity contribution in [3.8, 4) is 0 Å². The number of H-pyrrole nitrogens is 1. The van der Waals surface area contributed by atoms with Gasteiger partial charge in [-0.3, -0.25) is 19.2 Å². The van der Waals surface area contributed by atoms with E-state index in [4.69, 9.17) is 0 Å². The van der Waals surface area contributed by atoms with Gasteiger partial charge in [-0.15, -0.1) is 0 Å². The Kier molecular flexibility index (Phi) is 6.37. The summed E-state index contributed by atoms with van der Waals surface area (Å²) in [5.74, 6) is -1.69. The quantitative estimate of drug-likeness (QED) is 0.355. The van der Waals surface area contributed by atoms with E-state index in [-0.39, 0.29) is 35.6 Å². The van der Waals surface area contributed by atoms with Crippen LogP contribution in [0.5, 0.6) is 0 Å². The van der Waals surface area contributed by atoms with Crippen LogP contribution in [0.4, 0.5) is 0 Å². The molecule has 0 bridgehead atoms. The average Bonchev–Trinajstić information content (AvgIpc) is 3.80. The number of hydrogen-bond donors (Lipinski definition) is 5. The molecule has 2 aliphatic heterocycles. The first kappa shape index (κ1) is 24.9. The maximum Gasteiger partial charge on any atom is 0.270 e. The molecule has 0 radical (unpaired) electrons. The number of nitrogens with one attached hydrogen (secondary N) is 4. The smallest absolute Gasteiger partial charge is 0.270 e. The third-order valence-corrected chi connectivity index (χ3v) is 8.77. The first-order valence-electron chi connectivity index (χ1n) is 13.8. The number of fused-ring (bicyclic) bond motifs is 1. The number of aliphatic hydroxyl groups is 1. The van der Waals surface area contributed by atoms with Crippen molar-refractivity contribution in [1.29, 1.82) is 0 Å². The summed E-state index contributed by atoms with van der Waals surface area (Å²) in [5.41, 5.74) is 1.35. The minimum atomic E-state index is -1.48. The monoisotopic (exact) mass is 521 g/mol. The molecule has 2 aromatic rings. The van der Waals surface area contributed by atoms with Gasteiger partial charge in [-0.1, -0.05) is 18.2 Å². The fraction of sp³-hybridized carbons (Fsp3) is 0.571. The fourth-order valence-corrected chi connectivity index (χ4v) is 6.01. The van der Waals surface area contributed by atoms with Crippen molar-refractivity contribution in [3.05, 3.63) is 36.0 Å². The van der Waals surface area contributed by atoms with Gasteiger partial charge in [0.05, 0.1) is 6.04 Å². The fourth-order valence-electron chi connectivity index (χ4n) is 6.01. The van der Waals surface area contributed by atoms with Crippen molar-refractivity contribution in [2.75, 3.05) is 13.1 Å². The highest BCUT2D eigenvalue weighted by Crippen LogP contribution is 2.55. The topological polar surface area (TPSA) is 144 Å². The summed E-state index contributed by atoms with van der Waals surface area (Å²) in [4.78, 5) is 57.2. The van der Waals surface area contributed by atoms with E-state index in [2.05, 4.69) is 20.9 Å². The van der Waals surface area contributed by atoms with Crippen molar-refractivity contribution in [3.63, 3.8) is 0 Å². The number of nitrogens with zero attached hydrogens (tertiary/aromatic N) is 1. The maximum atomic E-state index is 13.8. The lowest BCUT2D eigenvalue weighted by molar-refractivity contribution is -0.135. The molecule has 1 spiro atoms. The van der Waals surface area contributed by atoms with Crippen molar-refractivity contribution < 1.29 is 24.3 Å². The maximum absolute atomic E-state index is 13.8. The van der Waals surface area contributed by atoms with Crippen molar-refractivity contribution in [2.24, 2.45) is 11.3 Å². The molecule has 1 aromatic heterocycles. The molecular weight excluding hydrogens is 486 g/mol. The van der Waals surface area contributed by atoms with E-state index < -0.39 is 30.0 Å². The second-order valence-corrected chi connectivity index (χ2v) is 11.6. The lowest BCUT2D eigenvalue weighted by Crippen LogP contribution is -2.59. The number of para-hydroxylation sites is 1. The number of aliphatic hydroxyl groups excluding tert-OH is 1. The van der Waals surface area contributed by atoms with Gasteiger partial charge in [-0.25, -0.2) is 0 Å². The number of carbonyl (C=O) groups excluding carboxylic acids is 4. The molecular formula is C28H35N5O5. The average molecular weight is 522 g/mol. The third-order valence-electron chi connectivity index (χ3n) is 8.77. The van der Waals surface area contributed by atoms with Crippen molar-refractivity contribution >= 4 is 34.5 Å². The number of benzene rings is 1. The van der Waals surface area contributed by atoms with Gasteiger partial charge in [0.2, 0.25) is 11.8 Å². The Morgan fingerprint density at radius 3 is 2.61 bits per heavy atom. The van der Waals surface area contributed by atoms with Crippen LogP contribution in [0.15, 0.2) is 30.3 Å². The molecule has 38 heavy (non-hydrogen) atoms. The third kappa shape index (κ3) is 5.01. The van der Waals surface area contributed by atoms with Crippen LogP contribution in [0.3, 0.4) is 0 Å². The molecule has 4 atom stereocenters. The van der Waals surface area contributed by atoms with Gasteiger partial charge >= 0.3 is 0 Å². The lowest BCUT2D eigenvalue weighted by atomic mass is 9.86. The molecule has 202 valence electrons. The highest BCUT2D eigenvalue weighted by atomic mass is 16.3. The number of rotatable bonds is 8. The SMILES string of the molecule is O=C(NC1CC1)C(O)[C@H](C[C@@H]1CCNC1=O)NC(=O)[C@@H]1CC2(CCN1C(=O)c1cc3ccccc3[nH]1)CC2. The Morgan fingerprint density at radius 1 is 1.13 bits per heavy atom. The molecule has 4 fully saturated rings. The molecule has 6 rings (SSSR count). The van der Waals surface area contributed by atoms with E-state index in [1.54, 1.807) is 4.90 Å². The predicted molar refractivity (Wildman–Crippen MR) is 139 cm³/mol. The first-order chi connectivity index (χ1) is 18.3. The molecule has 3 heterocycles. The van der Waals surface area contributed by atoms with E-state index >= 15 is 0 Å². The molecule has 1 aromatic carbocycles. The Labute approximate surface area is 220 Å². The summed E-state index contributed by atoms with van der Waals surface area (Å²) in [5, 5.41) is 20.4. The summed E-state index contributed by atoms with van der Waals surface area (Å²) >= 11 is 0. The summed E-state index contributed by atoms with van der Waals surface area (Å²) < 4.78 is 0. The zero-order chi connectivity index (χ0) is 26.4. The second-order valence-electron chi connectivity index (χ2n) is 11.6. The van der Waals surface area contributed by atoms with Crippen molar-refractivity contribution in [1.82, 2.24) is 25.8 Å². The molecule has 2 saturated carbocycles. The highest BCUT2D eigenvalue weighted by molar-refractivity contribution is 6.00. The summed E-state index contributed by atoms with van der Waals surface area (Å²) in [7, 11) is 0. The number of hydrogen-bond acceptors (Lipinski definition) is 5. The van der Waals surface area contributed by atoms with Crippen LogP contribution in [0.25, 0.3) is 10.9 Å². The standard InChI is InChI=1S/C28H35N5O5/c34-23(26(37)30-18-5-6-18)20(14-17-7-11-29-24(17)35)32-25(36)22-15-28(8-9-28)10-12-33(22)27(38)21-13-16-3-1-2-4-19(16)31-21/h1-4,13,17-18,20,22-23,31,34H,5-12,14-15H2,(H,29,35)(H,30,37)(H,32,36)/t17-,20-,22-,23?/m0/s1.